The second-order valence-electron chi connectivity index (χ2n) is 4.94. The van der Waals surface area contributed by atoms with Gasteiger partial charge in [-0.3, -0.25) is 4.68 Å². The van der Waals surface area contributed by atoms with Gasteiger partial charge in [0.2, 0.25) is 0 Å². The van der Waals surface area contributed by atoms with Gasteiger partial charge in [-0.25, -0.2) is 4.98 Å². The van der Waals surface area contributed by atoms with Crippen LogP contribution in [0.5, 0.6) is 0 Å². The van der Waals surface area contributed by atoms with E-state index in [1.165, 1.54) is 0 Å². The quantitative estimate of drug-likeness (QED) is 0.842. The van der Waals surface area contributed by atoms with E-state index in [0.29, 0.717) is 11.5 Å². The molecule has 0 saturated carbocycles. The average Bonchev–Trinajstić information content (AvgIpc) is 2.63. The largest absolute Gasteiger partial charge is 0.389 e. The highest BCUT2D eigenvalue weighted by Crippen LogP contribution is 2.19. The molecule has 0 aliphatic carbocycles. The molecule has 0 bridgehead atoms. The van der Waals surface area contributed by atoms with E-state index in [1.807, 2.05) is 40.1 Å². The third kappa shape index (κ3) is 2.96. The maximum atomic E-state index is 5.80. The predicted molar refractivity (Wildman–Crippen MR) is 84.9 cm³/mol. The molecule has 0 aliphatic heterocycles. The topological polar surface area (TPSA) is 68.8 Å². The third-order valence-corrected chi connectivity index (χ3v) is 3.36. The third-order valence-electron chi connectivity index (χ3n) is 3.15. The number of nitrogens with zero attached hydrogens (tertiary/aromatic N) is 3. The van der Waals surface area contributed by atoms with E-state index in [2.05, 4.69) is 15.4 Å². The summed E-state index contributed by atoms with van der Waals surface area (Å²) in [6, 6.07) is 1.98. The summed E-state index contributed by atoms with van der Waals surface area (Å²) in [5.41, 5.74) is 10.7. The lowest BCUT2D eigenvalue weighted by atomic mass is 10.1. The van der Waals surface area contributed by atoms with Gasteiger partial charge in [-0.15, -0.1) is 0 Å². The van der Waals surface area contributed by atoms with Crippen molar-refractivity contribution in [1.82, 2.24) is 14.8 Å². The molecule has 0 aliphatic rings. The summed E-state index contributed by atoms with van der Waals surface area (Å²) in [5.74, 6) is 0.734. The molecule has 2 aromatic rings. The first-order chi connectivity index (χ1) is 9.38. The van der Waals surface area contributed by atoms with Crippen LogP contribution in [0.25, 0.3) is 0 Å². The van der Waals surface area contributed by atoms with Gasteiger partial charge in [0.25, 0.3) is 0 Å². The summed E-state index contributed by atoms with van der Waals surface area (Å²) in [6.45, 7) is 6.58. The van der Waals surface area contributed by atoms with Gasteiger partial charge in [0, 0.05) is 31.0 Å². The Bertz CT molecular complexity index is 660. The molecule has 0 spiro atoms. The number of thiocarbonyl (C=S) groups is 1. The monoisotopic (exact) mass is 289 g/mol. The number of pyridine rings is 1. The van der Waals surface area contributed by atoms with Crippen LogP contribution in [0.4, 0.5) is 5.82 Å². The fraction of sp³-hybridized carbons (Fsp3) is 0.357. The van der Waals surface area contributed by atoms with Crippen molar-refractivity contribution in [2.24, 2.45) is 12.8 Å². The number of nitrogens with two attached hydrogens (primary N) is 1. The van der Waals surface area contributed by atoms with Gasteiger partial charge in [-0.05, 0) is 32.4 Å². The average molecular weight is 289 g/mol. The summed E-state index contributed by atoms with van der Waals surface area (Å²) in [6.07, 6.45) is 1.99. The van der Waals surface area contributed by atoms with Crippen molar-refractivity contribution < 1.29 is 0 Å². The lowest BCUT2D eigenvalue weighted by Gasteiger charge is -2.13. The van der Waals surface area contributed by atoms with Gasteiger partial charge in [0.05, 0.1) is 11.3 Å². The number of hydrogen-bond acceptors (Lipinski definition) is 4. The molecule has 0 saturated heterocycles. The zero-order chi connectivity index (χ0) is 14.9. The van der Waals surface area contributed by atoms with Crippen LogP contribution in [0.3, 0.4) is 0 Å². The number of nitrogens with one attached hydrogen (secondary N) is 1. The zero-order valence-corrected chi connectivity index (χ0v) is 13.0. The van der Waals surface area contributed by atoms with Crippen molar-refractivity contribution in [1.29, 1.82) is 0 Å². The second kappa shape index (κ2) is 5.58. The van der Waals surface area contributed by atoms with Gasteiger partial charge in [0.1, 0.15) is 10.8 Å². The van der Waals surface area contributed by atoms with E-state index in [9.17, 15) is 0 Å². The van der Waals surface area contributed by atoms with Crippen molar-refractivity contribution in [2.45, 2.75) is 27.3 Å². The summed E-state index contributed by atoms with van der Waals surface area (Å²) >= 11 is 5.12. The summed E-state index contributed by atoms with van der Waals surface area (Å²) in [7, 11) is 1.91. The highest BCUT2D eigenvalue weighted by molar-refractivity contribution is 7.80. The Morgan fingerprint density at radius 1 is 1.40 bits per heavy atom. The lowest BCUT2D eigenvalue weighted by Crippen LogP contribution is -2.16. The number of aryl methyl sites for hydroxylation is 4. The van der Waals surface area contributed by atoms with E-state index in [0.717, 1.165) is 33.9 Å². The van der Waals surface area contributed by atoms with Crippen LogP contribution in [0.2, 0.25) is 0 Å². The second-order valence-corrected chi connectivity index (χ2v) is 5.38. The van der Waals surface area contributed by atoms with Crippen molar-refractivity contribution in [3.05, 3.63) is 40.3 Å². The van der Waals surface area contributed by atoms with Crippen molar-refractivity contribution in [2.75, 3.05) is 5.32 Å². The fourth-order valence-corrected chi connectivity index (χ4v) is 2.53. The Hall–Kier alpha value is -1.95. The lowest BCUT2D eigenvalue weighted by molar-refractivity contribution is 0.756. The highest BCUT2D eigenvalue weighted by Gasteiger charge is 2.12. The Morgan fingerprint density at radius 3 is 2.65 bits per heavy atom. The summed E-state index contributed by atoms with van der Waals surface area (Å²) < 4.78 is 1.80. The standard InChI is InChI=1S/C14H19N5S/c1-8-5-9(2)17-14(12(8)13(15)20)16-6-11-7-19(4)18-10(11)3/h5,7H,6H2,1-4H3,(H2,15,20)(H,16,17). The number of aromatic nitrogens is 3. The van der Waals surface area contributed by atoms with E-state index in [1.54, 1.807) is 4.68 Å². The summed E-state index contributed by atoms with van der Waals surface area (Å²) in [5, 5.41) is 7.64. The van der Waals surface area contributed by atoms with E-state index in [-0.39, 0.29) is 0 Å². The molecule has 0 atom stereocenters. The first-order valence-electron chi connectivity index (χ1n) is 6.39. The Labute approximate surface area is 124 Å². The van der Waals surface area contributed by atoms with E-state index < -0.39 is 0 Å². The van der Waals surface area contributed by atoms with Crippen LogP contribution in [0.1, 0.15) is 28.1 Å². The van der Waals surface area contributed by atoms with Gasteiger partial charge in [0.15, 0.2) is 0 Å². The Morgan fingerprint density at radius 2 is 2.10 bits per heavy atom. The minimum Gasteiger partial charge on any atom is -0.389 e. The minimum absolute atomic E-state index is 0.361. The SMILES string of the molecule is Cc1cc(C)c(C(N)=S)c(NCc2cn(C)nc2C)n1. The summed E-state index contributed by atoms with van der Waals surface area (Å²) in [4.78, 5) is 4.86. The number of hydrogen-bond donors (Lipinski definition) is 2. The smallest absolute Gasteiger partial charge is 0.137 e. The highest BCUT2D eigenvalue weighted by atomic mass is 32.1. The maximum absolute atomic E-state index is 5.80. The normalized spacial score (nSPS) is 10.6. The van der Waals surface area contributed by atoms with Crippen molar-refractivity contribution in [3.63, 3.8) is 0 Å². The van der Waals surface area contributed by atoms with E-state index >= 15 is 0 Å². The fourth-order valence-electron chi connectivity index (χ4n) is 2.28. The first-order valence-corrected chi connectivity index (χ1v) is 6.80. The number of rotatable bonds is 4. The molecule has 2 rings (SSSR count). The first kappa shape index (κ1) is 14.5. The van der Waals surface area contributed by atoms with Gasteiger partial charge >= 0.3 is 0 Å². The van der Waals surface area contributed by atoms with Crippen LogP contribution in [0, 0.1) is 20.8 Å². The molecule has 2 aromatic heterocycles. The molecule has 0 amide bonds. The predicted octanol–water partition coefficient (Wildman–Crippen LogP) is 1.99. The van der Waals surface area contributed by atoms with Gasteiger partial charge in [-0.2, -0.15) is 5.10 Å². The molecule has 20 heavy (non-hydrogen) atoms. The molecule has 6 heteroatoms. The minimum atomic E-state index is 0.361. The van der Waals surface area contributed by atoms with Crippen LogP contribution < -0.4 is 11.1 Å². The van der Waals surface area contributed by atoms with Crippen LogP contribution >= 0.6 is 12.2 Å². The Balaban J connectivity index is 2.29. The van der Waals surface area contributed by atoms with Crippen LogP contribution in [-0.2, 0) is 13.6 Å². The molecule has 106 valence electrons. The molecule has 3 N–H and O–H groups in total. The molecule has 5 nitrogen and oxygen atoms in total. The number of anilines is 1. The van der Waals surface area contributed by atoms with E-state index in [4.69, 9.17) is 18.0 Å². The maximum Gasteiger partial charge on any atom is 0.137 e. The van der Waals surface area contributed by atoms with Gasteiger partial charge in [-0.1, -0.05) is 12.2 Å². The Kier molecular flexibility index (Phi) is 4.04. The van der Waals surface area contributed by atoms with Crippen molar-refractivity contribution >= 4 is 23.0 Å². The zero-order valence-electron chi connectivity index (χ0n) is 12.2. The van der Waals surface area contributed by atoms with Crippen molar-refractivity contribution in [3.8, 4) is 0 Å². The molecule has 0 aromatic carbocycles. The molecule has 0 unspecified atom stereocenters. The van der Waals surface area contributed by atoms with Crippen LogP contribution in [0.15, 0.2) is 12.3 Å². The molecular weight excluding hydrogens is 270 g/mol. The molecular formula is C14H19N5S. The molecule has 0 radical (unpaired) electrons. The van der Waals surface area contributed by atoms with Crippen LogP contribution in [-0.4, -0.2) is 19.8 Å². The van der Waals surface area contributed by atoms with Gasteiger partial charge < -0.3 is 11.1 Å². The molecule has 2 heterocycles. The molecule has 0 fully saturated rings.